The van der Waals surface area contributed by atoms with E-state index in [1.165, 1.54) is 24.8 Å². The van der Waals surface area contributed by atoms with Crippen molar-refractivity contribution in [2.75, 3.05) is 13.7 Å². The summed E-state index contributed by atoms with van der Waals surface area (Å²) in [6.07, 6.45) is 7.75. The van der Waals surface area contributed by atoms with E-state index in [1.54, 1.807) is 7.11 Å². The van der Waals surface area contributed by atoms with Gasteiger partial charge in [0.25, 0.3) is 0 Å². The molecule has 0 amide bonds. The predicted octanol–water partition coefficient (Wildman–Crippen LogP) is 1.88. The SMILES string of the molecule is COCC(O)C1=CCCCCC1. The number of allylic oxidation sites excluding steroid dienone is 1. The first-order valence-corrected chi connectivity index (χ1v) is 4.70. The molecule has 1 aliphatic rings. The lowest BCUT2D eigenvalue weighted by molar-refractivity contribution is 0.0843. The molecule has 70 valence electrons. The molecule has 1 atom stereocenters. The van der Waals surface area contributed by atoms with E-state index in [4.69, 9.17) is 4.74 Å². The highest BCUT2D eigenvalue weighted by molar-refractivity contribution is 5.09. The van der Waals surface area contributed by atoms with Gasteiger partial charge in [-0.2, -0.15) is 0 Å². The minimum Gasteiger partial charge on any atom is -0.386 e. The Bertz CT molecular complexity index is 152. The maximum Gasteiger partial charge on any atom is 0.0983 e. The molecule has 0 aromatic rings. The number of ether oxygens (including phenoxy) is 1. The first-order valence-electron chi connectivity index (χ1n) is 4.70. The van der Waals surface area contributed by atoms with Crippen LogP contribution >= 0.6 is 0 Å². The van der Waals surface area contributed by atoms with Crippen molar-refractivity contribution in [1.82, 2.24) is 0 Å². The summed E-state index contributed by atoms with van der Waals surface area (Å²) in [4.78, 5) is 0. The Morgan fingerprint density at radius 2 is 2.33 bits per heavy atom. The van der Waals surface area contributed by atoms with Crippen molar-refractivity contribution in [1.29, 1.82) is 0 Å². The van der Waals surface area contributed by atoms with Gasteiger partial charge in [-0.25, -0.2) is 0 Å². The Morgan fingerprint density at radius 3 is 3.08 bits per heavy atom. The number of rotatable bonds is 3. The summed E-state index contributed by atoms with van der Waals surface area (Å²) in [5, 5.41) is 9.61. The van der Waals surface area contributed by atoms with Gasteiger partial charge in [0.05, 0.1) is 12.7 Å². The molecule has 0 spiro atoms. The summed E-state index contributed by atoms with van der Waals surface area (Å²) in [6, 6.07) is 0. The molecule has 2 nitrogen and oxygen atoms in total. The third kappa shape index (κ3) is 2.95. The summed E-state index contributed by atoms with van der Waals surface area (Å²) in [6.45, 7) is 0.436. The maximum absolute atomic E-state index is 9.61. The molecule has 12 heavy (non-hydrogen) atoms. The monoisotopic (exact) mass is 170 g/mol. The summed E-state index contributed by atoms with van der Waals surface area (Å²) in [5.41, 5.74) is 1.18. The minimum atomic E-state index is -0.368. The smallest absolute Gasteiger partial charge is 0.0983 e. The van der Waals surface area contributed by atoms with Crippen LogP contribution in [0, 0.1) is 0 Å². The first kappa shape index (κ1) is 9.75. The third-order valence-corrected chi connectivity index (χ3v) is 2.33. The Labute approximate surface area is 74.2 Å². The van der Waals surface area contributed by atoms with Gasteiger partial charge in [-0.15, -0.1) is 0 Å². The molecular weight excluding hydrogens is 152 g/mol. The van der Waals surface area contributed by atoms with E-state index in [0.29, 0.717) is 6.61 Å². The average Bonchev–Trinajstić information content (AvgIpc) is 2.32. The molecule has 1 unspecified atom stereocenters. The molecule has 0 fully saturated rings. The molecule has 0 bridgehead atoms. The van der Waals surface area contributed by atoms with Gasteiger partial charge in [0.2, 0.25) is 0 Å². The molecule has 0 saturated carbocycles. The van der Waals surface area contributed by atoms with Crippen molar-refractivity contribution < 1.29 is 9.84 Å². The van der Waals surface area contributed by atoms with Crippen LogP contribution in [0.15, 0.2) is 11.6 Å². The fraction of sp³-hybridized carbons (Fsp3) is 0.800. The Morgan fingerprint density at radius 1 is 1.50 bits per heavy atom. The average molecular weight is 170 g/mol. The molecule has 1 N–H and O–H groups in total. The topological polar surface area (TPSA) is 29.5 Å². The molecule has 0 saturated heterocycles. The van der Waals surface area contributed by atoms with Crippen LogP contribution in [0.2, 0.25) is 0 Å². The highest BCUT2D eigenvalue weighted by Gasteiger charge is 2.11. The van der Waals surface area contributed by atoms with Crippen molar-refractivity contribution in [3.63, 3.8) is 0 Å². The van der Waals surface area contributed by atoms with Crippen LogP contribution in [0.25, 0.3) is 0 Å². The fourth-order valence-electron chi connectivity index (χ4n) is 1.61. The molecule has 0 heterocycles. The van der Waals surface area contributed by atoms with Gasteiger partial charge in [0.1, 0.15) is 0 Å². The van der Waals surface area contributed by atoms with E-state index in [-0.39, 0.29) is 6.10 Å². The number of aliphatic hydroxyl groups excluding tert-OH is 1. The van der Waals surface area contributed by atoms with Gasteiger partial charge in [-0.1, -0.05) is 12.5 Å². The maximum atomic E-state index is 9.61. The highest BCUT2D eigenvalue weighted by Crippen LogP contribution is 2.19. The van der Waals surface area contributed by atoms with Gasteiger partial charge in [-0.3, -0.25) is 0 Å². The Kier molecular flexibility index (Phi) is 4.33. The van der Waals surface area contributed by atoms with Crippen molar-refractivity contribution in [2.24, 2.45) is 0 Å². The second-order valence-electron chi connectivity index (χ2n) is 3.35. The van der Waals surface area contributed by atoms with E-state index in [9.17, 15) is 5.11 Å². The molecule has 1 aliphatic carbocycles. The van der Waals surface area contributed by atoms with Gasteiger partial charge < -0.3 is 9.84 Å². The van der Waals surface area contributed by atoms with E-state index < -0.39 is 0 Å². The number of aliphatic hydroxyl groups is 1. The predicted molar refractivity (Wildman–Crippen MR) is 49.1 cm³/mol. The number of hydrogen-bond donors (Lipinski definition) is 1. The van der Waals surface area contributed by atoms with Crippen LogP contribution in [-0.2, 0) is 4.74 Å². The van der Waals surface area contributed by atoms with Gasteiger partial charge in [-0.05, 0) is 31.3 Å². The van der Waals surface area contributed by atoms with Crippen LogP contribution in [-0.4, -0.2) is 24.9 Å². The van der Waals surface area contributed by atoms with E-state index in [1.807, 2.05) is 0 Å². The summed E-state index contributed by atoms with van der Waals surface area (Å²) in [7, 11) is 1.63. The van der Waals surface area contributed by atoms with Crippen LogP contribution in [0.5, 0.6) is 0 Å². The summed E-state index contributed by atoms with van der Waals surface area (Å²) in [5.74, 6) is 0. The quantitative estimate of drug-likeness (QED) is 0.655. The van der Waals surface area contributed by atoms with Crippen LogP contribution in [0.3, 0.4) is 0 Å². The lowest BCUT2D eigenvalue weighted by Gasteiger charge is -2.12. The summed E-state index contributed by atoms with van der Waals surface area (Å²) >= 11 is 0. The zero-order valence-electron chi connectivity index (χ0n) is 7.75. The standard InChI is InChI=1S/C10H18O2/c1-12-8-10(11)9-6-4-2-3-5-7-9/h6,10-11H,2-5,7-8H2,1H3. The van der Waals surface area contributed by atoms with Crippen molar-refractivity contribution in [2.45, 2.75) is 38.2 Å². The van der Waals surface area contributed by atoms with Crippen LogP contribution in [0.4, 0.5) is 0 Å². The van der Waals surface area contributed by atoms with E-state index in [0.717, 1.165) is 12.8 Å². The molecule has 0 aromatic heterocycles. The number of methoxy groups -OCH3 is 1. The number of hydrogen-bond acceptors (Lipinski definition) is 2. The lowest BCUT2D eigenvalue weighted by atomic mass is 10.1. The molecule has 0 radical (unpaired) electrons. The van der Waals surface area contributed by atoms with Crippen molar-refractivity contribution in [3.05, 3.63) is 11.6 Å². The van der Waals surface area contributed by atoms with Gasteiger partial charge >= 0.3 is 0 Å². The third-order valence-electron chi connectivity index (χ3n) is 2.33. The molecule has 0 aliphatic heterocycles. The highest BCUT2D eigenvalue weighted by atomic mass is 16.5. The zero-order chi connectivity index (χ0) is 8.81. The van der Waals surface area contributed by atoms with Crippen LogP contribution in [0.1, 0.15) is 32.1 Å². The minimum absolute atomic E-state index is 0.368. The first-order chi connectivity index (χ1) is 5.84. The van der Waals surface area contributed by atoms with E-state index in [2.05, 4.69) is 6.08 Å². The Hall–Kier alpha value is -0.340. The fourth-order valence-corrected chi connectivity index (χ4v) is 1.61. The molecule has 0 aromatic carbocycles. The zero-order valence-corrected chi connectivity index (χ0v) is 7.75. The van der Waals surface area contributed by atoms with E-state index >= 15 is 0 Å². The molecular formula is C10H18O2. The normalized spacial score (nSPS) is 21.3. The van der Waals surface area contributed by atoms with Gasteiger partial charge in [0.15, 0.2) is 0 Å². The van der Waals surface area contributed by atoms with Crippen LogP contribution < -0.4 is 0 Å². The molecule has 1 rings (SSSR count). The Balaban J connectivity index is 2.41. The largest absolute Gasteiger partial charge is 0.386 e. The second-order valence-corrected chi connectivity index (χ2v) is 3.35. The second kappa shape index (κ2) is 5.33. The van der Waals surface area contributed by atoms with Crippen molar-refractivity contribution in [3.8, 4) is 0 Å². The van der Waals surface area contributed by atoms with Gasteiger partial charge in [0, 0.05) is 7.11 Å². The molecule has 2 heteroatoms. The lowest BCUT2D eigenvalue weighted by Crippen LogP contribution is -2.16. The summed E-state index contributed by atoms with van der Waals surface area (Å²) < 4.78 is 4.91. The van der Waals surface area contributed by atoms with Crippen molar-refractivity contribution >= 4 is 0 Å².